The molecule has 26 heavy (non-hydrogen) atoms. The molecule has 0 saturated carbocycles. The molecule has 0 unspecified atom stereocenters. The van der Waals surface area contributed by atoms with Gasteiger partial charge < -0.3 is 5.32 Å². The molecular formula is C20H15IN4O. The van der Waals surface area contributed by atoms with Crippen LogP contribution < -0.4 is 5.32 Å². The van der Waals surface area contributed by atoms with Gasteiger partial charge in [0.15, 0.2) is 0 Å². The van der Waals surface area contributed by atoms with Gasteiger partial charge in [0.2, 0.25) is 0 Å². The summed E-state index contributed by atoms with van der Waals surface area (Å²) in [5, 5.41) is 11.9. The van der Waals surface area contributed by atoms with Crippen LogP contribution in [0.4, 0.5) is 5.69 Å². The van der Waals surface area contributed by atoms with Gasteiger partial charge in [-0.3, -0.25) is 4.79 Å². The number of rotatable bonds is 3. The first kappa shape index (κ1) is 16.7. The number of carbonyl (C=O) groups is 1. The lowest BCUT2D eigenvalue weighted by Gasteiger charge is -2.06. The molecule has 6 heteroatoms. The Balaban J connectivity index is 1.62. The lowest BCUT2D eigenvalue weighted by Crippen LogP contribution is -2.13. The van der Waals surface area contributed by atoms with Crippen molar-refractivity contribution in [1.82, 2.24) is 15.0 Å². The molecule has 1 heterocycles. The predicted molar refractivity (Wildman–Crippen MR) is 111 cm³/mol. The summed E-state index contributed by atoms with van der Waals surface area (Å²) in [6.07, 6.45) is 0. The number of nitrogens with zero attached hydrogens (tertiary/aromatic N) is 3. The largest absolute Gasteiger partial charge is 0.322 e. The number of carbonyl (C=O) groups excluding carboxylic acids is 1. The quantitative estimate of drug-likeness (QED) is 0.461. The molecule has 5 nitrogen and oxygen atoms in total. The van der Waals surface area contributed by atoms with Crippen LogP contribution in [0.1, 0.15) is 15.9 Å². The van der Waals surface area contributed by atoms with Crippen molar-refractivity contribution in [2.75, 3.05) is 5.32 Å². The van der Waals surface area contributed by atoms with Gasteiger partial charge in [-0.25, -0.2) is 0 Å². The second-order valence-corrected chi connectivity index (χ2v) is 7.12. The third-order valence-electron chi connectivity index (χ3n) is 4.02. The van der Waals surface area contributed by atoms with E-state index in [0.717, 1.165) is 20.3 Å². The molecule has 1 aromatic heterocycles. The summed E-state index contributed by atoms with van der Waals surface area (Å²) in [4.78, 5) is 14.1. The predicted octanol–water partition coefficient (Wildman–Crippen LogP) is 4.59. The number of nitrogens with one attached hydrogen (secondary N) is 1. The molecule has 0 aliphatic carbocycles. The molecule has 0 atom stereocenters. The van der Waals surface area contributed by atoms with E-state index in [4.69, 9.17) is 0 Å². The van der Waals surface area contributed by atoms with Crippen molar-refractivity contribution in [3.8, 4) is 5.69 Å². The average Bonchev–Trinajstić information content (AvgIpc) is 3.06. The van der Waals surface area contributed by atoms with E-state index in [-0.39, 0.29) is 5.91 Å². The van der Waals surface area contributed by atoms with Crippen molar-refractivity contribution >= 4 is 45.2 Å². The SMILES string of the molecule is Cc1ccc(-n2nc3ccc(NC(=O)c4ccccc4I)cc3n2)cc1. The van der Waals surface area contributed by atoms with Crippen LogP contribution in [0.3, 0.4) is 0 Å². The highest BCUT2D eigenvalue weighted by Gasteiger charge is 2.11. The summed E-state index contributed by atoms with van der Waals surface area (Å²) < 4.78 is 0.911. The highest BCUT2D eigenvalue weighted by atomic mass is 127. The molecule has 1 N–H and O–H groups in total. The summed E-state index contributed by atoms with van der Waals surface area (Å²) in [7, 11) is 0. The van der Waals surface area contributed by atoms with E-state index in [1.54, 1.807) is 4.80 Å². The second-order valence-electron chi connectivity index (χ2n) is 5.96. The van der Waals surface area contributed by atoms with E-state index >= 15 is 0 Å². The number of amides is 1. The minimum absolute atomic E-state index is 0.139. The van der Waals surface area contributed by atoms with Crippen LogP contribution >= 0.6 is 22.6 Å². The second kappa shape index (κ2) is 6.87. The number of aromatic nitrogens is 3. The Labute approximate surface area is 164 Å². The Morgan fingerprint density at radius 3 is 2.46 bits per heavy atom. The minimum atomic E-state index is -0.139. The van der Waals surface area contributed by atoms with Gasteiger partial charge >= 0.3 is 0 Å². The normalized spacial score (nSPS) is 10.8. The standard InChI is InChI=1S/C20H15IN4O/c1-13-6-9-15(10-7-13)25-23-18-11-8-14(12-19(18)24-25)22-20(26)16-4-2-3-5-17(16)21/h2-12H,1H3,(H,22,26). The molecule has 0 aliphatic heterocycles. The van der Waals surface area contributed by atoms with Gasteiger partial charge in [0.25, 0.3) is 5.91 Å². The third-order valence-corrected chi connectivity index (χ3v) is 4.96. The maximum atomic E-state index is 12.5. The molecule has 0 aliphatic rings. The van der Waals surface area contributed by atoms with E-state index in [2.05, 4.69) is 38.1 Å². The zero-order valence-electron chi connectivity index (χ0n) is 14.0. The molecule has 4 aromatic rings. The fraction of sp³-hybridized carbons (Fsp3) is 0.0500. The number of halogens is 1. The molecule has 0 radical (unpaired) electrons. The molecular weight excluding hydrogens is 439 g/mol. The molecule has 3 aromatic carbocycles. The van der Waals surface area contributed by atoms with Crippen molar-refractivity contribution in [2.45, 2.75) is 6.92 Å². The molecule has 0 saturated heterocycles. The summed E-state index contributed by atoms with van der Waals surface area (Å²) in [6.45, 7) is 2.04. The molecule has 128 valence electrons. The van der Waals surface area contributed by atoms with E-state index in [1.807, 2.05) is 73.7 Å². The fourth-order valence-electron chi connectivity index (χ4n) is 2.63. The maximum Gasteiger partial charge on any atom is 0.256 e. The van der Waals surface area contributed by atoms with Crippen LogP contribution in [0.5, 0.6) is 0 Å². The molecule has 0 bridgehead atoms. The maximum absolute atomic E-state index is 12.5. The van der Waals surface area contributed by atoms with Gasteiger partial charge in [0.1, 0.15) is 11.0 Å². The first-order valence-electron chi connectivity index (χ1n) is 8.10. The molecule has 1 amide bonds. The topological polar surface area (TPSA) is 59.8 Å². The van der Waals surface area contributed by atoms with Crippen LogP contribution in [0, 0.1) is 10.5 Å². The molecule has 0 spiro atoms. The van der Waals surface area contributed by atoms with Gasteiger partial charge in [-0.2, -0.15) is 4.80 Å². The number of benzene rings is 3. The first-order chi connectivity index (χ1) is 12.6. The van der Waals surface area contributed by atoms with Gasteiger partial charge in [0, 0.05) is 9.26 Å². The van der Waals surface area contributed by atoms with Gasteiger partial charge in [-0.05, 0) is 72.0 Å². The van der Waals surface area contributed by atoms with Gasteiger partial charge in [0.05, 0.1) is 11.3 Å². The minimum Gasteiger partial charge on any atom is -0.322 e. The van der Waals surface area contributed by atoms with Crippen LogP contribution in [-0.4, -0.2) is 20.9 Å². The van der Waals surface area contributed by atoms with Gasteiger partial charge in [-0.1, -0.05) is 29.8 Å². The zero-order valence-corrected chi connectivity index (χ0v) is 16.1. The summed E-state index contributed by atoms with van der Waals surface area (Å²) in [5.74, 6) is -0.139. The summed E-state index contributed by atoms with van der Waals surface area (Å²) >= 11 is 2.16. The summed E-state index contributed by atoms with van der Waals surface area (Å²) in [6, 6.07) is 21.0. The lowest BCUT2D eigenvalue weighted by molar-refractivity contribution is 0.102. The van der Waals surface area contributed by atoms with E-state index in [0.29, 0.717) is 11.3 Å². The van der Waals surface area contributed by atoms with Crippen LogP contribution in [0.25, 0.3) is 16.7 Å². The van der Waals surface area contributed by atoms with Crippen LogP contribution in [0.15, 0.2) is 66.7 Å². The number of hydrogen-bond donors (Lipinski definition) is 1. The Morgan fingerprint density at radius 1 is 0.962 bits per heavy atom. The Kier molecular flexibility index (Phi) is 4.42. The van der Waals surface area contributed by atoms with E-state index in [9.17, 15) is 4.79 Å². The lowest BCUT2D eigenvalue weighted by atomic mass is 10.2. The first-order valence-corrected chi connectivity index (χ1v) is 9.18. The average molecular weight is 454 g/mol. The van der Waals surface area contributed by atoms with Crippen LogP contribution in [-0.2, 0) is 0 Å². The molecule has 0 fully saturated rings. The molecule has 4 rings (SSSR count). The Bertz CT molecular complexity index is 1100. The van der Waals surface area contributed by atoms with Gasteiger partial charge in [-0.15, -0.1) is 10.2 Å². The highest BCUT2D eigenvalue weighted by molar-refractivity contribution is 14.1. The van der Waals surface area contributed by atoms with Crippen molar-refractivity contribution in [3.63, 3.8) is 0 Å². The third kappa shape index (κ3) is 3.32. The van der Waals surface area contributed by atoms with E-state index in [1.165, 1.54) is 5.56 Å². The van der Waals surface area contributed by atoms with Crippen LogP contribution in [0.2, 0.25) is 0 Å². The smallest absolute Gasteiger partial charge is 0.256 e. The number of fused-ring (bicyclic) bond motifs is 1. The number of anilines is 1. The summed E-state index contributed by atoms with van der Waals surface area (Å²) in [5.41, 5.74) is 4.93. The van der Waals surface area contributed by atoms with Crippen molar-refractivity contribution in [2.24, 2.45) is 0 Å². The monoisotopic (exact) mass is 454 g/mol. The number of hydrogen-bond acceptors (Lipinski definition) is 3. The number of aryl methyl sites for hydroxylation is 1. The van der Waals surface area contributed by atoms with Crippen molar-refractivity contribution in [1.29, 1.82) is 0 Å². The fourth-order valence-corrected chi connectivity index (χ4v) is 3.26. The zero-order chi connectivity index (χ0) is 18.1. The van der Waals surface area contributed by atoms with E-state index < -0.39 is 0 Å². The highest BCUT2D eigenvalue weighted by Crippen LogP contribution is 2.19. The van der Waals surface area contributed by atoms with Crippen molar-refractivity contribution in [3.05, 3.63) is 81.4 Å². The Morgan fingerprint density at radius 2 is 1.69 bits per heavy atom. The Hall–Kier alpha value is -2.74. The van der Waals surface area contributed by atoms with Crippen molar-refractivity contribution < 1.29 is 4.79 Å².